The molecule has 0 unspecified atom stereocenters. The van der Waals surface area contributed by atoms with Crippen LogP contribution in [0.4, 0.5) is 0 Å². The smallest absolute Gasteiger partial charge is 0.00258 e. The highest BCUT2D eigenvalue weighted by atomic mass is 14.8. The molecule has 1 rings (SSSR count). The number of hydrogen-bond donors (Lipinski definition) is 1. The molecule has 0 aliphatic heterocycles. The monoisotopic (exact) mass is 219 g/mol. The summed E-state index contributed by atoms with van der Waals surface area (Å²) < 4.78 is 0. The van der Waals surface area contributed by atoms with Crippen LogP contribution in [-0.2, 0) is 0 Å². The van der Waals surface area contributed by atoms with Crippen LogP contribution < -0.4 is 5.32 Å². The zero-order valence-electron chi connectivity index (χ0n) is 11.1. The summed E-state index contributed by atoms with van der Waals surface area (Å²) in [5, 5.41) is 3.50. The molecule has 0 heterocycles. The average Bonchev–Trinajstić information content (AvgIpc) is 2.25. The summed E-state index contributed by atoms with van der Waals surface area (Å²) in [5.41, 5.74) is 2.80. The molecule has 1 nitrogen and oxygen atoms in total. The van der Waals surface area contributed by atoms with E-state index < -0.39 is 0 Å². The van der Waals surface area contributed by atoms with Gasteiger partial charge >= 0.3 is 0 Å². The minimum atomic E-state index is 0.653. The van der Waals surface area contributed by atoms with Crippen LogP contribution in [0.5, 0.6) is 0 Å². The molecular weight excluding hydrogens is 194 g/mol. The van der Waals surface area contributed by atoms with Gasteiger partial charge in [0.1, 0.15) is 0 Å². The van der Waals surface area contributed by atoms with Crippen LogP contribution >= 0.6 is 0 Å². The summed E-state index contributed by atoms with van der Waals surface area (Å²) in [7, 11) is 0. The summed E-state index contributed by atoms with van der Waals surface area (Å²) in [6.45, 7) is 11.2. The molecule has 0 aliphatic carbocycles. The van der Waals surface area contributed by atoms with E-state index in [0.717, 1.165) is 19.0 Å². The van der Waals surface area contributed by atoms with E-state index in [9.17, 15) is 0 Å². The van der Waals surface area contributed by atoms with Crippen molar-refractivity contribution in [1.82, 2.24) is 5.32 Å². The molecule has 0 bridgehead atoms. The fourth-order valence-corrected chi connectivity index (χ4v) is 1.77. The highest BCUT2D eigenvalue weighted by Crippen LogP contribution is 2.18. The second-order valence-corrected chi connectivity index (χ2v) is 5.20. The average molecular weight is 219 g/mol. The molecule has 0 fully saturated rings. The molecule has 0 saturated carbocycles. The Kier molecular flexibility index (Phi) is 5.54. The van der Waals surface area contributed by atoms with Crippen molar-refractivity contribution in [3.05, 3.63) is 35.4 Å². The molecule has 0 aliphatic rings. The fourth-order valence-electron chi connectivity index (χ4n) is 1.77. The van der Waals surface area contributed by atoms with Gasteiger partial charge in [0.2, 0.25) is 0 Å². The molecule has 0 spiro atoms. The van der Waals surface area contributed by atoms with Gasteiger partial charge in [-0.3, -0.25) is 0 Å². The van der Waals surface area contributed by atoms with Gasteiger partial charge in [-0.2, -0.15) is 0 Å². The van der Waals surface area contributed by atoms with Crippen molar-refractivity contribution in [1.29, 1.82) is 0 Å². The van der Waals surface area contributed by atoms with Gasteiger partial charge in [-0.15, -0.1) is 0 Å². The highest BCUT2D eigenvalue weighted by Gasteiger charge is 2.04. The zero-order chi connectivity index (χ0) is 12.0. The Labute approximate surface area is 100 Å². The number of hydrogen-bond acceptors (Lipinski definition) is 1. The quantitative estimate of drug-likeness (QED) is 0.719. The predicted molar refractivity (Wildman–Crippen MR) is 71.9 cm³/mol. The molecule has 90 valence electrons. The summed E-state index contributed by atoms with van der Waals surface area (Å²) in [6, 6.07) is 8.91. The van der Waals surface area contributed by atoms with Crippen molar-refractivity contribution in [3.8, 4) is 0 Å². The lowest BCUT2D eigenvalue weighted by atomic mass is 9.97. The fraction of sp³-hybridized carbons (Fsp3) is 0.600. The lowest BCUT2D eigenvalue weighted by Gasteiger charge is -2.13. The van der Waals surface area contributed by atoms with E-state index >= 15 is 0 Å². The third-order valence-electron chi connectivity index (χ3n) is 2.95. The molecule has 0 saturated heterocycles. The lowest BCUT2D eigenvalue weighted by Crippen LogP contribution is -2.21. The van der Waals surface area contributed by atoms with Crippen LogP contribution in [0, 0.1) is 12.8 Å². The van der Waals surface area contributed by atoms with E-state index in [0.29, 0.717) is 5.92 Å². The maximum absolute atomic E-state index is 3.50. The van der Waals surface area contributed by atoms with Gasteiger partial charge in [-0.25, -0.2) is 0 Å². The topological polar surface area (TPSA) is 12.0 Å². The van der Waals surface area contributed by atoms with Gasteiger partial charge in [0.05, 0.1) is 0 Å². The van der Waals surface area contributed by atoms with Gasteiger partial charge in [0.25, 0.3) is 0 Å². The Morgan fingerprint density at radius 2 is 1.69 bits per heavy atom. The van der Waals surface area contributed by atoms with Crippen molar-refractivity contribution < 1.29 is 0 Å². The van der Waals surface area contributed by atoms with E-state index in [1.165, 1.54) is 17.5 Å². The van der Waals surface area contributed by atoms with Crippen LogP contribution in [0.2, 0.25) is 0 Å². The first-order valence-electron chi connectivity index (χ1n) is 6.37. The van der Waals surface area contributed by atoms with Crippen molar-refractivity contribution >= 4 is 0 Å². The molecule has 1 N–H and O–H groups in total. The molecular formula is C15H25N. The van der Waals surface area contributed by atoms with E-state index in [1.54, 1.807) is 0 Å². The highest BCUT2D eigenvalue weighted by molar-refractivity contribution is 5.23. The summed E-state index contributed by atoms with van der Waals surface area (Å²) >= 11 is 0. The van der Waals surface area contributed by atoms with Gasteiger partial charge < -0.3 is 5.32 Å². The number of benzene rings is 1. The van der Waals surface area contributed by atoms with Crippen LogP contribution in [0.25, 0.3) is 0 Å². The van der Waals surface area contributed by atoms with Crippen molar-refractivity contribution in [2.45, 2.75) is 40.0 Å². The number of rotatable bonds is 6. The van der Waals surface area contributed by atoms with Gasteiger partial charge in [0, 0.05) is 0 Å². The standard InChI is InChI=1S/C15H25N/c1-12(2)11-16-10-9-14(4)15-7-5-13(3)6-8-15/h5-8,12,14,16H,9-11H2,1-4H3/t14-/m0/s1. The Hall–Kier alpha value is -0.820. The summed E-state index contributed by atoms with van der Waals surface area (Å²) in [6.07, 6.45) is 1.22. The maximum atomic E-state index is 3.50. The largest absolute Gasteiger partial charge is 0.316 e. The molecule has 0 radical (unpaired) electrons. The third kappa shape index (κ3) is 4.80. The molecule has 1 aromatic carbocycles. The molecule has 0 aromatic heterocycles. The molecule has 1 aromatic rings. The van der Waals surface area contributed by atoms with E-state index in [1.807, 2.05) is 0 Å². The van der Waals surface area contributed by atoms with Crippen LogP contribution in [0.15, 0.2) is 24.3 Å². The van der Waals surface area contributed by atoms with Gasteiger partial charge in [0.15, 0.2) is 0 Å². The third-order valence-corrected chi connectivity index (χ3v) is 2.95. The van der Waals surface area contributed by atoms with Crippen LogP contribution in [0.1, 0.15) is 44.2 Å². The number of nitrogens with one attached hydrogen (secondary N) is 1. The Morgan fingerprint density at radius 1 is 1.06 bits per heavy atom. The second kappa shape index (κ2) is 6.70. The molecule has 1 atom stereocenters. The molecule has 1 heteroatoms. The first-order valence-corrected chi connectivity index (χ1v) is 6.37. The Morgan fingerprint density at radius 3 is 2.25 bits per heavy atom. The first-order chi connectivity index (χ1) is 7.59. The van der Waals surface area contributed by atoms with E-state index in [4.69, 9.17) is 0 Å². The van der Waals surface area contributed by atoms with Gasteiger partial charge in [-0.1, -0.05) is 50.6 Å². The van der Waals surface area contributed by atoms with E-state index in [-0.39, 0.29) is 0 Å². The van der Waals surface area contributed by atoms with Crippen LogP contribution in [-0.4, -0.2) is 13.1 Å². The summed E-state index contributed by atoms with van der Waals surface area (Å²) in [4.78, 5) is 0. The Bertz CT molecular complexity index is 287. The summed E-state index contributed by atoms with van der Waals surface area (Å²) in [5.74, 6) is 1.40. The van der Waals surface area contributed by atoms with Crippen molar-refractivity contribution in [2.75, 3.05) is 13.1 Å². The number of aryl methyl sites for hydroxylation is 1. The maximum Gasteiger partial charge on any atom is -0.00258 e. The minimum absolute atomic E-state index is 0.653. The SMILES string of the molecule is Cc1ccc([C@@H](C)CCNCC(C)C)cc1. The minimum Gasteiger partial charge on any atom is -0.316 e. The molecule has 0 amide bonds. The Balaban J connectivity index is 2.29. The lowest BCUT2D eigenvalue weighted by molar-refractivity contribution is 0.525. The second-order valence-electron chi connectivity index (χ2n) is 5.20. The normalized spacial score (nSPS) is 13.1. The molecule has 16 heavy (non-hydrogen) atoms. The van der Waals surface area contributed by atoms with E-state index in [2.05, 4.69) is 57.3 Å². The van der Waals surface area contributed by atoms with Crippen molar-refractivity contribution in [2.24, 2.45) is 5.92 Å². The zero-order valence-corrected chi connectivity index (χ0v) is 11.1. The van der Waals surface area contributed by atoms with Crippen molar-refractivity contribution in [3.63, 3.8) is 0 Å². The first kappa shape index (κ1) is 13.2. The predicted octanol–water partition coefficient (Wildman–Crippen LogP) is 3.73. The van der Waals surface area contributed by atoms with Gasteiger partial charge in [-0.05, 0) is 43.8 Å². The van der Waals surface area contributed by atoms with Crippen LogP contribution in [0.3, 0.4) is 0 Å².